The van der Waals surface area contributed by atoms with E-state index in [0.29, 0.717) is 10.6 Å². The van der Waals surface area contributed by atoms with Gasteiger partial charge in [0.1, 0.15) is 17.7 Å². The smallest absolute Gasteiger partial charge is 0.137 e. The van der Waals surface area contributed by atoms with Gasteiger partial charge in [-0.15, -0.1) is 11.8 Å². The average Bonchev–Trinajstić information content (AvgIpc) is 2.50. The Morgan fingerprint density at radius 2 is 2.10 bits per heavy atom. The zero-order valence-corrected chi connectivity index (χ0v) is 11.9. The quantitative estimate of drug-likeness (QED) is 0.888. The molecular formula is C16H12F2N2S. The molecule has 0 fully saturated rings. The maximum Gasteiger partial charge on any atom is 0.137 e. The van der Waals surface area contributed by atoms with Crippen molar-refractivity contribution in [2.24, 2.45) is 0 Å². The number of nitriles is 1. The molecule has 1 aliphatic heterocycles. The van der Waals surface area contributed by atoms with Crippen molar-refractivity contribution in [2.75, 3.05) is 11.1 Å². The predicted molar refractivity (Wildman–Crippen MR) is 79.2 cm³/mol. The van der Waals surface area contributed by atoms with Crippen LogP contribution in [0.4, 0.5) is 14.5 Å². The highest BCUT2D eigenvalue weighted by molar-refractivity contribution is 7.99. The fraction of sp³-hybridized carbons (Fsp3) is 0.188. The van der Waals surface area contributed by atoms with Crippen molar-refractivity contribution in [2.45, 2.75) is 17.4 Å². The summed E-state index contributed by atoms with van der Waals surface area (Å²) in [4.78, 5) is 0.655. The SMILES string of the molecule is N#Cc1cc(F)ccc1NC1CCSc2c(F)cccc21. The van der Waals surface area contributed by atoms with Crippen LogP contribution in [0.1, 0.15) is 23.6 Å². The van der Waals surface area contributed by atoms with Crippen LogP contribution in [-0.2, 0) is 0 Å². The molecule has 0 saturated heterocycles. The molecule has 1 aliphatic rings. The summed E-state index contributed by atoms with van der Waals surface area (Å²) in [7, 11) is 0. The Morgan fingerprint density at radius 3 is 2.90 bits per heavy atom. The van der Waals surface area contributed by atoms with Crippen LogP contribution in [0.15, 0.2) is 41.3 Å². The first-order valence-corrected chi connectivity index (χ1v) is 7.55. The van der Waals surface area contributed by atoms with Crippen LogP contribution in [-0.4, -0.2) is 5.75 Å². The van der Waals surface area contributed by atoms with Gasteiger partial charge in [0, 0.05) is 10.6 Å². The number of nitrogens with one attached hydrogen (secondary N) is 1. The molecule has 1 heterocycles. The molecule has 0 saturated carbocycles. The van der Waals surface area contributed by atoms with Gasteiger partial charge in [0.15, 0.2) is 0 Å². The molecule has 1 unspecified atom stereocenters. The summed E-state index contributed by atoms with van der Waals surface area (Å²) < 4.78 is 27.0. The zero-order valence-electron chi connectivity index (χ0n) is 11.1. The van der Waals surface area contributed by atoms with Crippen LogP contribution in [0.2, 0.25) is 0 Å². The zero-order chi connectivity index (χ0) is 14.8. The third-order valence-corrected chi connectivity index (χ3v) is 4.62. The van der Waals surface area contributed by atoms with E-state index in [2.05, 4.69) is 5.32 Å². The second-order valence-corrected chi connectivity index (χ2v) is 5.90. The van der Waals surface area contributed by atoms with E-state index in [9.17, 15) is 8.78 Å². The lowest BCUT2D eigenvalue weighted by molar-refractivity contribution is 0.585. The summed E-state index contributed by atoms with van der Waals surface area (Å²) >= 11 is 1.50. The molecule has 21 heavy (non-hydrogen) atoms. The van der Waals surface area contributed by atoms with Crippen molar-refractivity contribution in [3.63, 3.8) is 0 Å². The summed E-state index contributed by atoms with van der Waals surface area (Å²) in [6.45, 7) is 0. The van der Waals surface area contributed by atoms with E-state index in [-0.39, 0.29) is 17.4 Å². The van der Waals surface area contributed by atoms with Crippen LogP contribution >= 0.6 is 11.8 Å². The lowest BCUT2D eigenvalue weighted by atomic mass is 10.0. The molecule has 0 aromatic heterocycles. The highest BCUT2D eigenvalue weighted by Gasteiger charge is 2.23. The third-order valence-electron chi connectivity index (χ3n) is 3.46. The first-order valence-electron chi connectivity index (χ1n) is 6.56. The molecule has 106 valence electrons. The van der Waals surface area contributed by atoms with Crippen molar-refractivity contribution in [1.29, 1.82) is 5.26 Å². The van der Waals surface area contributed by atoms with Crippen molar-refractivity contribution in [3.8, 4) is 6.07 Å². The van der Waals surface area contributed by atoms with Gasteiger partial charge in [-0.1, -0.05) is 12.1 Å². The molecule has 0 amide bonds. The second kappa shape index (κ2) is 5.74. The van der Waals surface area contributed by atoms with E-state index in [1.165, 1.54) is 30.0 Å². The van der Waals surface area contributed by atoms with Gasteiger partial charge >= 0.3 is 0 Å². The standard InChI is InChI=1S/C16H12F2N2S/c17-11-4-5-14(10(8-11)9-19)20-15-6-7-21-16-12(15)2-1-3-13(16)18/h1-5,8,15,20H,6-7H2. The number of halogens is 2. The molecule has 2 aromatic carbocycles. The topological polar surface area (TPSA) is 35.8 Å². The number of anilines is 1. The Hall–Kier alpha value is -2.06. The Morgan fingerprint density at radius 1 is 1.24 bits per heavy atom. The summed E-state index contributed by atoms with van der Waals surface area (Å²) in [5, 5.41) is 12.3. The lowest BCUT2D eigenvalue weighted by Gasteiger charge is -2.27. The van der Waals surface area contributed by atoms with Gasteiger partial charge in [0.05, 0.1) is 17.3 Å². The van der Waals surface area contributed by atoms with Crippen molar-refractivity contribution < 1.29 is 8.78 Å². The monoisotopic (exact) mass is 302 g/mol. The molecule has 2 aromatic rings. The molecule has 5 heteroatoms. The van der Waals surface area contributed by atoms with Crippen LogP contribution < -0.4 is 5.32 Å². The van der Waals surface area contributed by atoms with Gasteiger partial charge in [-0.3, -0.25) is 0 Å². The third kappa shape index (κ3) is 2.72. The predicted octanol–water partition coefficient (Wildman–Crippen LogP) is 4.49. The minimum atomic E-state index is -0.442. The van der Waals surface area contributed by atoms with Crippen LogP contribution in [0.5, 0.6) is 0 Å². The van der Waals surface area contributed by atoms with Crippen LogP contribution in [0.25, 0.3) is 0 Å². The van der Waals surface area contributed by atoms with Crippen LogP contribution in [0.3, 0.4) is 0 Å². The Labute approximate surface area is 125 Å². The molecule has 2 nitrogen and oxygen atoms in total. The lowest BCUT2D eigenvalue weighted by Crippen LogP contribution is -2.17. The molecule has 3 rings (SSSR count). The second-order valence-electron chi connectivity index (χ2n) is 4.79. The van der Waals surface area contributed by atoms with Gasteiger partial charge in [-0.2, -0.15) is 5.26 Å². The Balaban J connectivity index is 1.95. The number of hydrogen-bond acceptors (Lipinski definition) is 3. The summed E-state index contributed by atoms with van der Waals surface area (Å²) in [5.74, 6) is 0.139. The number of fused-ring (bicyclic) bond motifs is 1. The summed E-state index contributed by atoms with van der Waals surface area (Å²) in [6, 6.07) is 11.0. The van der Waals surface area contributed by atoms with E-state index in [4.69, 9.17) is 5.26 Å². The minimum Gasteiger partial charge on any atom is -0.377 e. The summed E-state index contributed by atoms with van der Waals surface area (Å²) in [5.41, 5.74) is 1.72. The van der Waals surface area contributed by atoms with E-state index < -0.39 is 5.82 Å². The number of rotatable bonds is 2. The largest absolute Gasteiger partial charge is 0.377 e. The van der Waals surface area contributed by atoms with Gasteiger partial charge < -0.3 is 5.32 Å². The van der Waals surface area contributed by atoms with Gasteiger partial charge in [-0.25, -0.2) is 8.78 Å². The van der Waals surface area contributed by atoms with E-state index in [1.807, 2.05) is 12.1 Å². The number of thioether (sulfide) groups is 1. The average molecular weight is 302 g/mol. The molecule has 0 bridgehead atoms. The molecule has 0 aliphatic carbocycles. The first-order chi connectivity index (χ1) is 10.2. The normalized spacial score (nSPS) is 16.9. The molecule has 1 N–H and O–H groups in total. The maximum absolute atomic E-state index is 13.8. The Kier molecular flexibility index (Phi) is 3.80. The van der Waals surface area contributed by atoms with E-state index in [1.54, 1.807) is 12.1 Å². The number of nitrogens with zero attached hydrogens (tertiary/aromatic N) is 1. The first kappa shape index (κ1) is 13.9. The fourth-order valence-electron chi connectivity index (χ4n) is 2.46. The van der Waals surface area contributed by atoms with Gasteiger partial charge in [0.25, 0.3) is 0 Å². The van der Waals surface area contributed by atoms with Gasteiger partial charge in [-0.05, 0) is 36.2 Å². The molecule has 1 atom stereocenters. The fourth-order valence-corrected chi connectivity index (χ4v) is 3.60. The summed E-state index contributed by atoms with van der Waals surface area (Å²) in [6.07, 6.45) is 0.823. The van der Waals surface area contributed by atoms with Crippen LogP contribution in [0, 0.1) is 23.0 Å². The van der Waals surface area contributed by atoms with Crippen molar-refractivity contribution in [3.05, 3.63) is 59.2 Å². The minimum absolute atomic E-state index is 0.0745. The van der Waals surface area contributed by atoms with Crippen molar-refractivity contribution in [1.82, 2.24) is 0 Å². The number of benzene rings is 2. The highest BCUT2D eigenvalue weighted by Crippen LogP contribution is 2.39. The highest BCUT2D eigenvalue weighted by atomic mass is 32.2. The van der Waals surface area contributed by atoms with Crippen molar-refractivity contribution >= 4 is 17.4 Å². The Bertz CT molecular complexity index is 725. The maximum atomic E-state index is 13.8. The van der Waals surface area contributed by atoms with Gasteiger partial charge in [0.2, 0.25) is 0 Å². The molecular weight excluding hydrogens is 290 g/mol. The molecule has 0 spiro atoms. The van der Waals surface area contributed by atoms with E-state index in [0.717, 1.165) is 17.7 Å². The number of hydrogen-bond donors (Lipinski definition) is 1. The molecule has 0 radical (unpaired) electrons. The van der Waals surface area contributed by atoms with E-state index >= 15 is 0 Å².